The summed E-state index contributed by atoms with van der Waals surface area (Å²) in [5, 5.41) is 0. The molecule has 4 rings (SSSR count). The van der Waals surface area contributed by atoms with Crippen LogP contribution >= 0.6 is 0 Å². The molecule has 0 atom stereocenters. The lowest BCUT2D eigenvalue weighted by molar-refractivity contribution is 0.0624. The van der Waals surface area contributed by atoms with E-state index >= 15 is 0 Å². The van der Waals surface area contributed by atoms with Crippen LogP contribution in [0.25, 0.3) is 0 Å². The molecule has 0 aromatic heterocycles. The number of benzene rings is 2. The van der Waals surface area contributed by atoms with Crippen LogP contribution in [-0.4, -0.2) is 53.6 Å². The summed E-state index contributed by atoms with van der Waals surface area (Å²) < 4.78 is 13.0. The first-order valence-corrected chi connectivity index (χ1v) is 9.52. The first-order valence-electron chi connectivity index (χ1n) is 9.52. The second-order valence-electron chi connectivity index (χ2n) is 7.29. The summed E-state index contributed by atoms with van der Waals surface area (Å²) in [6.07, 6.45) is 1.44. The molecule has 144 valence electrons. The lowest BCUT2D eigenvalue weighted by atomic mass is 9.89. The van der Waals surface area contributed by atoms with Gasteiger partial charge in [-0.15, -0.1) is 0 Å². The molecule has 0 N–H and O–H groups in total. The molecule has 2 aromatic rings. The number of ketones is 1. The number of likely N-dealkylation sites (tertiary alicyclic amines) is 1. The van der Waals surface area contributed by atoms with E-state index in [-0.39, 0.29) is 29.3 Å². The maximum Gasteiger partial charge on any atom is 0.261 e. The van der Waals surface area contributed by atoms with Crippen LogP contribution in [0.5, 0.6) is 0 Å². The molecule has 2 aliphatic heterocycles. The van der Waals surface area contributed by atoms with Gasteiger partial charge in [-0.1, -0.05) is 12.1 Å². The maximum absolute atomic E-state index is 13.0. The van der Waals surface area contributed by atoms with E-state index in [0.717, 1.165) is 25.9 Å². The highest BCUT2D eigenvalue weighted by Crippen LogP contribution is 2.24. The average Bonchev–Trinajstić information content (AvgIpc) is 2.97. The minimum Gasteiger partial charge on any atom is -0.302 e. The standard InChI is InChI=1S/C22H21FN2O3/c23-17-7-5-15(6-8-17)20(26)16-9-11-24(12-10-16)13-14-25-21(27)18-3-1-2-4-19(18)22(25)28/h1-8,16H,9-14H2. The number of nitrogens with zero attached hydrogens (tertiary/aromatic N) is 2. The first kappa shape index (κ1) is 18.5. The summed E-state index contributed by atoms with van der Waals surface area (Å²) in [6, 6.07) is 12.6. The van der Waals surface area contributed by atoms with Crippen molar-refractivity contribution in [2.75, 3.05) is 26.2 Å². The predicted octanol–water partition coefficient (Wildman–Crippen LogP) is 3.02. The Balaban J connectivity index is 1.30. The van der Waals surface area contributed by atoms with Crippen molar-refractivity contribution in [3.05, 3.63) is 71.0 Å². The fourth-order valence-corrected chi connectivity index (χ4v) is 3.95. The van der Waals surface area contributed by atoms with Crippen molar-refractivity contribution < 1.29 is 18.8 Å². The Kier molecular flexibility index (Phi) is 5.05. The van der Waals surface area contributed by atoms with Crippen LogP contribution < -0.4 is 0 Å². The van der Waals surface area contributed by atoms with Crippen molar-refractivity contribution in [3.63, 3.8) is 0 Å². The van der Waals surface area contributed by atoms with Crippen molar-refractivity contribution in [2.24, 2.45) is 5.92 Å². The van der Waals surface area contributed by atoms with E-state index in [1.807, 2.05) is 0 Å². The normalized spacial score (nSPS) is 17.8. The van der Waals surface area contributed by atoms with Crippen LogP contribution in [0, 0.1) is 11.7 Å². The SMILES string of the molecule is O=C(c1ccc(F)cc1)C1CCN(CCN2C(=O)c3ccccc3C2=O)CC1. The van der Waals surface area contributed by atoms with E-state index in [0.29, 0.717) is 29.8 Å². The lowest BCUT2D eigenvalue weighted by Crippen LogP contribution is -2.42. The fourth-order valence-electron chi connectivity index (χ4n) is 3.95. The van der Waals surface area contributed by atoms with Gasteiger partial charge in [-0.05, 0) is 62.3 Å². The summed E-state index contributed by atoms with van der Waals surface area (Å²) in [5.74, 6) is -0.829. The summed E-state index contributed by atoms with van der Waals surface area (Å²) >= 11 is 0. The van der Waals surface area contributed by atoms with Gasteiger partial charge in [0.05, 0.1) is 11.1 Å². The number of piperidine rings is 1. The van der Waals surface area contributed by atoms with Crippen molar-refractivity contribution in [2.45, 2.75) is 12.8 Å². The van der Waals surface area contributed by atoms with Crippen LogP contribution in [0.3, 0.4) is 0 Å². The molecule has 2 heterocycles. The zero-order valence-corrected chi connectivity index (χ0v) is 15.4. The van der Waals surface area contributed by atoms with Gasteiger partial charge in [0, 0.05) is 24.6 Å². The van der Waals surface area contributed by atoms with Gasteiger partial charge < -0.3 is 4.90 Å². The van der Waals surface area contributed by atoms with E-state index in [2.05, 4.69) is 4.90 Å². The highest BCUT2D eigenvalue weighted by Gasteiger charge is 2.35. The van der Waals surface area contributed by atoms with Gasteiger partial charge in [0.15, 0.2) is 5.78 Å². The van der Waals surface area contributed by atoms with Gasteiger partial charge in [0.1, 0.15) is 5.82 Å². The summed E-state index contributed by atoms with van der Waals surface area (Å²) in [4.78, 5) is 40.9. The first-order chi connectivity index (χ1) is 13.5. The number of carbonyl (C=O) groups is 3. The fraction of sp³-hybridized carbons (Fsp3) is 0.318. The Labute approximate surface area is 162 Å². The second kappa shape index (κ2) is 7.64. The third-order valence-electron chi connectivity index (χ3n) is 5.61. The summed E-state index contributed by atoms with van der Waals surface area (Å²) in [6.45, 7) is 2.42. The molecule has 5 nitrogen and oxygen atoms in total. The van der Waals surface area contributed by atoms with Gasteiger partial charge in [0.25, 0.3) is 11.8 Å². The molecule has 0 bridgehead atoms. The van der Waals surface area contributed by atoms with E-state index in [1.54, 1.807) is 24.3 Å². The van der Waals surface area contributed by atoms with E-state index < -0.39 is 0 Å². The Bertz CT molecular complexity index is 883. The van der Waals surface area contributed by atoms with Crippen LogP contribution in [-0.2, 0) is 0 Å². The van der Waals surface area contributed by atoms with Crippen LogP contribution in [0.4, 0.5) is 4.39 Å². The smallest absolute Gasteiger partial charge is 0.261 e. The van der Waals surface area contributed by atoms with E-state index in [1.165, 1.54) is 29.2 Å². The molecule has 0 radical (unpaired) electrons. The number of hydrogen-bond acceptors (Lipinski definition) is 4. The summed E-state index contributed by atoms with van der Waals surface area (Å²) in [7, 11) is 0. The number of carbonyl (C=O) groups excluding carboxylic acids is 3. The molecule has 6 heteroatoms. The largest absolute Gasteiger partial charge is 0.302 e. The molecular formula is C22H21FN2O3. The van der Waals surface area contributed by atoms with E-state index in [4.69, 9.17) is 0 Å². The van der Waals surface area contributed by atoms with Crippen LogP contribution in [0.1, 0.15) is 43.9 Å². The number of Topliss-reactive ketones (excluding diaryl/α,β-unsaturated/α-hetero) is 1. The molecule has 1 fully saturated rings. The quantitative estimate of drug-likeness (QED) is 0.591. The molecule has 1 saturated heterocycles. The number of halogens is 1. The summed E-state index contributed by atoms with van der Waals surface area (Å²) in [5.41, 5.74) is 1.48. The van der Waals surface area contributed by atoms with Crippen molar-refractivity contribution >= 4 is 17.6 Å². The highest BCUT2D eigenvalue weighted by atomic mass is 19.1. The van der Waals surface area contributed by atoms with Gasteiger partial charge in [0.2, 0.25) is 0 Å². The Morgan fingerprint density at radius 3 is 2.04 bits per heavy atom. The number of fused-ring (bicyclic) bond motifs is 1. The number of imide groups is 1. The number of hydrogen-bond donors (Lipinski definition) is 0. The molecular weight excluding hydrogens is 359 g/mol. The van der Waals surface area contributed by atoms with Gasteiger partial charge in [-0.2, -0.15) is 0 Å². The van der Waals surface area contributed by atoms with Gasteiger partial charge in [-0.3, -0.25) is 19.3 Å². The predicted molar refractivity (Wildman–Crippen MR) is 102 cm³/mol. The molecule has 28 heavy (non-hydrogen) atoms. The maximum atomic E-state index is 13.0. The van der Waals surface area contributed by atoms with Crippen molar-refractivity contribution in [1.82, 2.24) is 9.80 Å². The molecule has 0 aliphatic carbocycles. The Morgan fingerprint density at radius 1 is 0.893 bits per heavy atom. The van der Waals surface area contributed by atoms with E-state index in [9.17, 15) is 18.8 Å². The highest BCUT2D eigenvalue weighted by molar-refractivity contribution is 6.21. The van der Waals surface area contributed by atoms with Crippen molar-refractivity contribution in [3.8, 4) is 0 Å². The molecule has 0 unspecified atom stereocenters. The van der Waals surface area contributed by atoms with Crippen LogP contribution in [0.2, 0.25) is 0 Å². The Hall–Kier alpha value is -2.86. The zero-order valence-electron chi connectivity index (χ0n) is 15.4. The number of amides is 2. The minimum absolute atomic E-state index is 0.0556. The molecule has 2 aliphatic rings. The third-order valence-corrected chi connectivity index (χ3v) is 5.61. The topological polar surface area (TPSA) is 57.7 Å². The van der Waals surface area contributed by atoms with Crippen LogP contribution in [0.15, 0.2) is 48.5 Å². The lowest BCUT2D eigenvalue weighted by Gasteiger charge is -2.32. The Morgan fingerprint density at radius 2 is 1.46 bits per heavy atom. The number of rotatable bonds is 5. The van der Waals surface area contributed by atoms with Crippen molar-refractivity contribution in [1.29, 1.82) is 0 Å². The van der Waals surface area contributed by atoms with Gasteiger partial charge >= 0.3 is 0 Å². The molecule has 2 aromatic carbocycles. The third kappa shape index (κ3) is 3.47. The second-order valence-corrected chi connectivity index (χ2v) is 7.29. The zero-order chi connectivity index (χ0) is 19.7. The molecule has 0 spiro atoms. The monoisotopic (exact) mass is 380 g/mol. The minimum atomic E-state index is -0.348. The molecule has 0 saturated carbocycles. The van der Waals surface area contributed by atoms with Gasteiger partial charge in [-0.25, -0.2) is 4.39 Å². The average molecular weight is 380 g/mol. The molecule has 2 amide bonds.